The number of ether oxygens (including phenoxy) is 6. The van der Waals surface area contributed by atoms with Crippen LogP contribution in [0.5, 0.6) is 0 Å². The predicted octanol–water partition coefficient (Wildman–Crippen LogP) is -8.76. The number of Topliss-reactive ketones (excluding diaryl/α,β-unsaturated/α-hetero) is 2. The summed E-state index contributed by atoms with van der Waals surface area (Å²) in [5.74, 6) is -3.58. The molecule has 71 heavy (non-hydrogen) atoms. The maximum atomic E-state index is 13.4. The number of hydrogen-bond acceptors (Lipinski definition) is 27. The monoisotopic (exact) mass is 1030 g/mol. The van der Waals surface area contributed by atoms with Gasteiger partial charge in [-0.15, -0.1) is 5.06 Å². The van der Waals surface area contributed by atoms with Gasteiger partial charge in [-0.25, -0.2) is 4.79 Å². The first-order chi connectivity index (χ1) is 33.8. The van der Waals surface area contributed by atoms with Crippen LogP contribution in [-0.2, 0) is 62.0 Å². The van der Waals surface area contributed by atoms with Gasteiger partial charge in [0.1, 0.15) is 84.8 Å². The summed E-state index contributed by atoms with van der Waals surface area (Å²) in [4.78, 5) is 84.5. The number of imide groups is 1. The average Bonchev–Trinajstić information content (AvgIpc) is 3.66. The number of carbonyl (C=O) groups is 6. The SMILES string of the molecule is O=C(CCCO[C@H]1O[C@H](CO)[C@@H](O)[C@H](O)[C@@H]1O)CN(CCN(CCCC(=O)ON1C(=O)CCC1=O)CC(=O)NCCO[C@H]1O[C@H](CO)[C@@H](O)[C@H](O)[C@@H]1O)CC(=O)CCCO[C@H]1O[C@H](CO)[C@@H](O)[C@H](O)[C@@H]1O. The molecular formula is C42H70N4O25. The van der Waals surface area contributed by atoms with Crippen LogP contribution in [0, 0.1) is 0 Å². The van der Waals surface area contributed by atoms with Crippen LogP contribution in [-0.4, -0.2) is 289 Å². The second-order valence-electron chi connectivity index (χ2n) is 17.5. The summed E-state index contributed by atoms with van der Waals surface area (Å²) >= 11 is 0. The van der Waals surface area contributed by atoms with Crippen molar-refractivity contribution in [3.63, 3.8) is 0 Å². The normalized spacial score (nSPS) is 32.4. The molecule has 4 heterocycles. The van der Waals surface area contributed by atoms with Crippen LogP contribution < -0.4 is 5.32 Å². The molecule has 4 rings (SSSR count). The quantitative estimate of drug-likeness (QED) is 0.0226. The molecule has 4 fully saturated rings. The highest BCUT2D eigenvalue weighted by Crippen LogP contribution is 2.25. The zero-order valence-electron chi connectivity index (χ0n) is 39.0. The molecule has 0 saturated carbocycles. The fourth-order valence-corrected chi connectivity index (χ4v) is 7.85. The third kappa shape index (κ3) is 18.2. The van der Waals surface area contributed by atoms with E-state index in [1.54, 1.807) is 4.90 Å². The van der Waals surface area contributed by atoms with Crippen LogP contribution in [0.2, 0.25) is 0 Å². The van der Waals surface area contributed by atoms with Gasteiger partial charge >= 0.3 is 5.97 Å². The highest BCUT2D eigenvalue weighted by molar-refractivity contribution is 6.01. The summed E-state index contributed by atoms with van der Waals surface area (Å²) in [7, 11) is 0. The highest BCUT2D eigenvalue weighted by atomic mass is 16.7. The van der Waals surface area contributed by atoms with E-state index in [2.05, 4.69) is 5.32 Å². The number of aliphatic hydroxyl groups excluding tert-OH is 12. The van der Waals surface area contributed by atoms with Gasteiger partial charge in [0, 0.05) is 51.7 Å². The van der Waals surface area contributed by atoms with E-state index in [1.807, 2.05) is 0 Å². The highest BCUT2D eigenvalue weighted by Gasteiger charge is 2.46. The molecule has 0 bridgehead atoms. The molecule has 0 unspecified atom stereocenters. The van der Waals surface area contributed by atoms with Crippen LogP contribution in [0.3, 0.4) is 0 Å². The van der Waals surface area contributed by atoms with Crippen molar-refractivity contribution in [3.05, 3.63) is 0 Å². The summed E-state index contributed by atoms with van der Waals surface area (Å²) in [6, 6.07) is 0. The van der Waals surface area contributed by atoms with Crippen molar-refractivity contribution in [2.24, 2.45) is 0 Å². The Morgan fingerprint density at radius 1 is 0.521 bits per heavy atom. The molecule has 0 aliphatic carbocycles. The molecule has 15 atom stereocenters. The Balaban J connectivity index is 1.37. The van der Waals surface area contributed by atoms with Gasteiger partial charge in [-0.2, -0.15) is 0 Å². The van der Waals surface area contributed by atoms with Crippen molar-refractivity contribution in [2.45, 2.75) is 143 Å². The Bertz CT molecular complexity index is 1620. The van der Waals surface area contributed by atoms with Crippen molar-refractivity contribution in [3.8, 4) is 0 Å². The van der Waals surface area contributed by atoms with Gasteiger partial charge in [-0.1, -0.05) is 0 Å². The Morgan fingerprint density at radius 3 is 1.35 bits per heavy atom. The van der Waals surface area contributed by atoms with Crippen LogP contribution in [0.4, 0.5) is 0 Å². The van der Waals surface area contributed by atoms with E-state index in [1.165, 1.54) is 4.90 Å². The minimum absolute atomic E-state index is 0.00787. The second kappa shape index (κ2) is 30.1. The van der Waals surface area contributed by atoms with Crippen LogP contribution in [0.1, 0.15) is 51.4 Å². The fourth-order valence-electron chi connectivity index (χ4n) is 7.85. The van der Waals surface area contributed by atoms with E-state index in [0.717, 1.165) is 0 Å². The molecule has 0 spiro atoms. The van der Waals surface area contributed by atoms with Gasteiger partial charge in [0.05, 0.1) is 59.3 Å². The number of nitrogens with zero attached hydrogens (tertiary/aromatic N) is 3. The smallest absolute Gasteiger partial charge is 0.333 e. The van der Waals surface area contributed by atoms with Crippen molar-refractivity contribution in [1.29, 1.82) is 0 Å². The van der Waals surface area contributed by atoms with E-state index < -0.39 is 136 Å². The van der Waals surface area contributed by atoms with Crippen LogP contribution in [0.15, 0.2) is 0 Å². The summed E-state index contributed by atoms with van der Waals surface area (Å²) in [5, 5.41) is 122. The van der Waals surface area contributed by atoms with Crippen molar-refractivity contribution >= 4 is 35.3 Å². The minimum atomic E-state index is -1.69. The first-order valence-corrected chi connectivity index (χ1v) is 23.4. The summed E-state index contributed by atoms with van der Waals surface area (Å²) < 4.78 is 32.3. The molecule has 4 aliphatic heterocycles. The number of amides is 3. The van der Waals surface area contributed by atoms with Crippen molar-refractivity contribution in [1.82, 2.24) is 20.2 Å². The largest absolute Gasteiger partial charge is 0.394 e. The van der Waals surface area contributed by atoms with Crippen molar-refractivity contribution < 1.29 is 123 Å². The summed E-state index contributed by atoms with van der Waals surface area (Å²) in [6.45, 7) is -3.67. The molecule has 0 aromatic heterocycles. The summed E-state index contributed by atoms with van der Waals surface area (Å²) in [6.07, 6.45) is -23.4. The molecule has 13 N–H and O–H groups in total. The number of hydrogen-bond donors (Lipinski definition) is 13. The molecule has 4 aliphatic rings. The number of hydroxylamine groups is 2. The first-order valence-electron chi connectivity index (χ1n) is 23.4. The molecule has 0 radical (unpaired) electrons. The maximum Gasteiger partial charge on any atom is 0.333 e. The summed E-state index contributed by atoms with van der Waals surface area (Å²) in [5.41, 5.74) is 0. The second-order valence-corrected chi connectivity index (χ2v) is 17.5. The maximum absolute atomic E-state index is 13.4. The zero-order valence-corrected chi connectivity index (χ0v) is 39.0. The fraction of sp³-hybridized carbons (Fsp3) is 0.857. The minimum Gasteiger partial charge on any atom is -0.394 e. The lowest BCUT2D eigenvalue weighted by molar-refractivity contribution is -0.301. The third-order valence-corrected chi connectivity index (χ3v) is 12.0. The Morgan fingerprint density at radius 2 is 0.930 bits per heavy atom. The standard InChI is InChI=1S/C42H70N4O25/c47-19-24-31(56)34(59)37(62)40(68-24)65-13-2-4-22(50)16-45(17-23(51)5-3-14-66-41-38(63)35(60)32(57)25(20-48)69-41)12-11-44(10-1-6-30(55)71-46-28(53)7-8-29(46)54)18-27(52)43-9-15-67-42-39(64)36(61)33(58)26(21-49)70-42/h24-26,31-42,47-49,56-64H,1-21H2,(H,43,52)/t24-,25-,26-,31-,32-,33-,34+,35+,36+,37+,38+,39+,40+,41+,42+/m1/s1. The number of carbonyl (C=O) groups excluding carboxylic acids is 6. The first kappa shape index (κ1) is 60.2. The third-order valence-electron chi connectivity index (χ3n) is 12.0. The van der Waals surface area contributed by atoms with Gasteiger partial charge in [0.15, 0.2) is 18.9 Å². The number of aliphatic hydroxyl groups is 12. The van der Waals surface area contributed by atoms with E-state index >= 15 is 0 Å². The molecule has 3 amide bonds. The Labute approximate surface area is 407 Å². The van der Waals surface area contributed by atoms with Gasteiger partial charge in [0.25, 0.3) is 11.8 Å². The Kier molecular flexibility index (Phi) is 25.5. The number of ketones is 2. The van der Waals surface area contributed by atoms with E-state index in [9.17, 15) is 90.0 Å². The molecule has 29 heteroatoms. The van der Waals surface area contributed by atoms with E-state index in [-0.39, 0.29) is 129 Å². The number of nitrogens with one attached hydrogen (secondary N) is 1. The number of rotatable bonds is 31. The Hall–Kier alpha value is -3.38. The van der Waals surface area contributed by atoms with E-state index in [0.29, 0.717) is 5.06 Å². The topological polar surface area (TPSA) is 432 Å². The van der Waals surface area contributed by atoms with Crippen molar-refractivity contribution in [2.75, 3.05) is 85.5 Å². The van der Waals surface area contributed by atoms with Crippen LogP contribution in [0.25, 0.3) is 0 Å². The van der Waals surface area contributed by atoms with Crippen LogP contribution >= 0.6 is 0 Å². The zero-order chi connectivity index (χ0) is 52.4. The predicted molar refractivity (Wildman–Crippen MR) is 230 cm³/mol. The van der Waals surface area contributed by atoms with Gasteiger partial charge in [-0.05, 0) is 25.8 Å². The molecular weight excluding hydrogens is 960 g/mol. The average molecular weight is 1030 g/mol. The molecule has 0 aromatic carbocycles. The molecule has 29 nitrogen and oxygen atoms in total. The lowest BCUT2D eigenvalue weighted by Gasteiger charge is -2.39. The molecule has 4 saturated heterocycles. The van der Waals surface area contributed by atoms with Gasteiger partial charge in [-0.3, -0.25) is 33.8 Å². The van der Waals surface area contributed by atoms with Gasteiger partial charge < -0.3 is 99.9 Å². The van der Waals surface area contributed by atoms with E-state index in [4.69, 9.17) is 33.3 Å². The molecule has 408 valence electrons. The lowest BCUT2D eigenvalue weighted by atomic mass is 9.99. The lowest BCUT2D eigenvalue weighted by Crippen LogP contribution is -2.59. The molecule has 0 aromatic rings. The van der Waals surface area contributed by atoms with Gasteiger partial charge in [0.2, 0.25) is 5.91 Å².